The lowest BCUT2D eigenvalue weighted by atomic mass is 10.2. The molecule has 20 heavy (non-hydrogen) atoms. The van der Waals surface area contributed by atoms with Crippen molar-refractivity contribution in [2.45, 2.75) is 6.54 Å². The van der Waals surface area contributed by atoms with Crippen molar-refractivity contribution in [1.29, 1.82) is 0 Å². The van der Waals surface area contributed by atoms with E-state index in [2.05, 4.69) is 10.3 Å². The van der Waals surface area contributed by atoms with Gasteiger partial charge >= 0.3 is 0 Å². The van der Waals surface area contributed by atoms with Crippen LogP contribution in [0.1, 0.15) is 11.1 Å². The molecular formula is C14H14ClN3OS. The first kappa shape index (κ1) is 14.6. The molecule has 6 heteroatoms. The highest BCUT2D eigenvalue weighted by Gasteiger charge is 2.04. The van der Waals surface area contributed by atoms with E-state index in [1.807, 2.05) is 18.2 Å². The largest absolute Gasteiger partial charge is 0.481 e. The Labute approximate surface area is 127 Å². The van der Waals surface area contributed by atoms with Crippen LogP contribution in [0, 0.1) is 0 Å². The minimum Gasteiger partial charge on any atom is -0.481 e. The van der Waals surface area contributed by atoms with Crippen LogP contribution in [0.3, 0.4) is 0 Å². The summed E-state index contributed by atoms with van der Waals surface area (Å²) in [6, 6.07) is 9.28. The summed E-state index contributed by atoms with van der Waals surface area (Å²) in [5, 5.41) is 3.80. The number of benzene rings is 1. The molecule has 0 unspecified atom stereocenters. The van der Waals surface area contributed by atoms with Crippen molar-refractivity contribution in [3.8, 4) is 5.88 Å². The summed E-state index contributed by atoms with van der Waals surface area (Å²) in [6.07, 6.45) is 1.71. The highest BCUT2D eigenvalue weighted by molar-refractivity contribution is 7.80. The summed E-state index contributed by atoms with van der Waals surface area (Å²) >= 11 is 11.0. The fraction of sp³-hybridized carbons (Fsp3) is 0.143. The number of ether oxygens (including phenoxy) is 1. The molecule has 0 saturated heterocycles. The molecule has 2 aromatic rings. The van der Waals surface area contributed by atoms with Crippen LogP contribution in [0.5, 0.6) is 5.88 Å². The fourth-order valence-electron chi connectivity index (χ4n) is 1.70. The average Bonchev–Trinajstić information content (AvgIpc) is 2.45. The van der Waals surface area contributed by atoms with E-state index in [9.17, 15) is 0 Å². The fourth-order valence-corrected chi connectivity index (χ4v) is 2.22. The molecule has 0 aliphatic carbocycles. The van der Waals surface area contributed by atoms with E-state index in [-0.39, 0.29) is 0 Å². The molecule has 1 heterocycles. The predicted molar refractivity (Wildman–Crippen MR) is 85.5 cm³/mol. The maximum absolute atomic E-state index is 6.12. The minimum absolute atomic E-state index is 0.292. The van der Waals surface area contributed by atoms with Crippen molar-refractivity contribution in [1.82, 2.24) is 4.98 Å². The third-order valence-corrected chi connectivity index (χ3v) is 3.27. The maximum Gasteiger partial charge on any atom is 0.213 e. The lowest BCUT2D eigenvalue weighted by Gasteiger charge is -2.09. The first-order valence-corrected chi connectivity index (χ1v) is 6.71. The van der Waals surface area contributed by atoms with E-state index >= 15 is 0 Å². The summed E-state index contributed by atoms with van der Waals surface area (Å²) in [5.41, 5.74) is 8.20. The molecule has 0 spiro atoms. The normalized spacial score (nSPS) is 10.1. The third-order valence-electron chi connectivity index (χ3n) is 2.74. The second-order valence-electron chi connectivity index (χ2n) is 4.12. The number of nitrogens with two attached hydrogens (primary N) is 1. The summed E-state index contributed by atoms with van der Waals surface area (Å²) in [5.74, 6) is 0.589. The Balaban J connectivity index is 2.07. The Morgan fingerprint density at radius 1 is 1.40 bits per heavy atom. The molecule has 0 amide bonds. The van der Waals surface area contributed by atoms with Crippen molar-refractivity contribution in [2.75, 3.05) is 12.4 Å². The van der Waals surface area contributed by atoms with Gasteiger partial charge in [0.05, 0.1) is 12.1 Å². The Morgan fingerprint density at radius 3 is 2.85 bits per heavy atom. The van der Waals surface area contributed by atoms with Gasteiger partial charge in [-0.2, -0.15) is 0 Å². The zero-order chi connectivity index (χ0) is 14.5. The summed E-state index contributed by atoms with van der Waals surface area (Å²) in [7, 11) is 1.59. The van der Waals surface area contributed by atoms with Crippen LogP contribution in [0.4, 0.5) is 5.69 Å². The number of pyridine rings is 1. The zero-order valence-corrected chi connectivity index (χ0v) is 12.5. The van der Waals surface area contributed by atoms with Gasteiger partial charge in [-0.05, 0) is 29.8 Å². The van der Waals surface area contributed by atoms with E-state index in [0.717, 1.165) is 11.3 Å². The van der Waals surface area contributed by atoms with E-state index in [0.29, 0.717) is 28.0 Å². The number of hydrogen-bond donors (Lipinski definition) is 2. The van der Waals surface area contributed by atoms with Crippen molar-refractivity contribution in [3.05, 3.63) is 52.7 Å². The van der Waals surface area contributed by atoms with Crippen LogP contribution in [-0.4, -0.2) is 17.1 Å². The lowest BCUT2D eigenvalue weighted by molar-refractivity contribution is 0.397. The van der Waals surface area contributed by atoms with Gasteiger partial charge < -0.3 is 15.8 Å². The SMILES string of the molecule is COc1cc(CNc2ccc(C(N)=S)c(Cl)c2)ccn1. The Hall–Kier alpha value is -1.85. The van der Waals surface area contributed by atoms with Crippen molar-refractivity contribution < 1.29 is 4.74 Å². The van der Waals surface area contributed by atoms with Gasteiger partial charge in [-0.3, -0.25) is 0 Å². The summed E-state index contributed by atoms with van der Waals surface area (Å²) in [6.45, 7) is 0.641. The number of rotatable bonds is 5. The standard InChI is InChI=1S/C14H14ClN3OS/c1-19-13-6-9(4-5-17-13)8-18-10-2-3-11(14(16)20)12(15)7-10/h2-7,18H,8H2,1H3,(H2,16,20). The highest BCUT2D eigenvalue weighted by atomic mass is 35.5. The number of halogens is 1. The first-order valence-electron chi connectivity index (χ1n) is 5.92. The van der Waals surface area contributed by atoms with Gasteiger partial charge in [0.25, 0.3) is 0 Å². The molecule has 0 fully saturated rings. The molecule has 0 atom stereocenters. The van der Waals surface area contributed by atoms with Gasteiger partial charge in [-0.1, -0.05) is 23.8 Å². The third kappa shape index (κ3) is 3.59. The van der Waals surface area contributed by atoms with Gasteiger partial charge in [0, 0.05) is 30.1 Å². The van der Waals surface area contributed by atoms with Crippen molar-refractivity contribution in [3.63, 3.8) is 0 Å². The molecule has 0 saturated carbocycles. The molecule has 3 N–H and O–H groups in total. The molecule has 0 bridgehead atoms. The van der Waals surface area contributed by atoms with Crippen molar-refractivity contribution in [2.24, 2.45) is 5.73 Å². The summed E-state index contributed by atoms with van der Waals surface area (Å²) < 4.78 is 5.08. The predicted octanol–water partition coefficient (Wildman–Crippen LogP) is 2.99. The number of anilines is 1. The highest BCUT2D eigenvalue weighted by Crippen LogP contribution is 2.21. The molecule has 4 nitrogen and oxygen atoms in total. The van der Waals surface area contributed by atoms with E-state index in [1.165, 1.54) is 0 Å². The second-order valence-corrected chi connectivity index (χ2v) is 4.97. The molecule has 0 aliphatic heterocycles. The molecular weight excluding hydrogens is 294 g/mol. The number of aromatic nitrogens is 1. The van der Waals surface area contributed by atoms with Gasteiger partial charge in [-0.25, -0.2) is 4.98 Å². The number of hydrogen-bond acceptors (Lipinski definition) is 4. The van der Waals surface area contributed by atoms with E-state index < -0.39 is 0 Å². The van der Waals surface area contributed by atoms with Gasteiger partial charge in [0.15, 0.2) is 0 Å². The molecule has 104 valence electrons. The van der Waals surface area contributed by atoms with Crippen LogP contribution in [0.25, 0.3) is 0 Å². The lowest BCUT2D eigenvalue weighted by Crippen LogP contribution is -2.10. The Kier molecular flexibility index (Phi) is 4.76. The number of nitrogens with one attached hydrogen (secondary N) is 1. The number of nitrogens with zero attached hydrogens (tertiary/aromatic N) is 1. The molecule has 0 radical (unpaired) electrons. The molecule has 0 aliphatic rings. The van der Waals surface area contributed by atoms with Gasteiger partial charge in [-0.15, -0.1) is 0 Å². The zero-order valence-electron chi connectivity index (χ0n) is 10.9. The van der Waals surface area contributed by atoms with Crippen LogP contribution in [-0.2, 0) is 6.54 Å². The minimum atomic E-state index is 0.292. The molecule has 2 rings (SSSR count). The smallest absolute Gasteiger partial charge is 0.213 e. The quantitative estimate of drug-likeness (QED) is 0.832. The molecule has 1 aromatic carbocycles. The Bertz CT molecular complexity index is 634. The second kappa shape index (κ2) is 6.54. The topological polar surface area (TPSA) is 60.2 Å². The van der Waals surface area contributed by atoms with Crippen molar-refractivity contribution >= 4 is 34.5 Å². The van der Waals surface area contributed by atoms with E-state index in [1.54, 1.807) is 25.4 Å². The Morgan fingerprint density at radius 2 is 2.20 bits per heavy atom. The maximum atomic E-state index is 6.12. The average molecular weight is 308 g/mol. The number of thiocarbonyl (C=S) groups is 1. The van der Waals surface area contributed by atoms with Gasteiger partial charge in [0.1, 0.15) is 4.99 Å². The molecule has 1 aromatic heterocycles. The number of methoxy groups -OCH3 is 1. The van der Waals surface area contributed by atoms with Gasteiger partial charge in [0.2, 0.25) is 5.88 Å². The summed E-state index contributed by atoms with van der Waals surface area (Å²) in [4.78, 5) is 4.35. The first-order chi connectivity index (χ1) is 9.60. The van der Waals surface area contributed by atoms with Crippen LogP contribution in [0.15, 0.2) is 36.5 Å². The monoisotopic (exact) mass is 307 g/mol. The van der Waals surface area contributed by atoms with Crippen LogP contribution >= 0.6 is 23.8 Å². The van der Waals surface area contributed by atoms with Crippen LogP contribution in [0.2, 0.25) is 5.02 Å². The van der Waals surface area contributed by atoms with Crippen LogP contribution < -0.4 is 15.8 Å². The van der Waals surface area contributed by atoms with E-state index in [4.69, 9.17) is 34.3 Å².